The summed E-state index contributed by atoms with van der Waals surface area (Å²) in [5.74, 6) is 0.656. The van der Waals surface area contributed by atoms with E-state index < -0.39 is 0 Å². The van der Waals surface area contributed by atoms with Crippen molar-refractivity contribution >= 4 is 86.0 Å². The molecule has 300 valence electrons. The SMILES string of the molecule is CC1(C)c2ccccc2-c2c1c1c3ccccc3n(-c3nc(-c4cccc(-c5cccc6c5sc5ccccc56)c4)c4ccccc4n3)c1c1c3ccccc3n(-c3ccccc3)c21. The predicted molar refractivity (Wildman–Crippen MR) is 270 cm³/mol. The third-order valence-electron chi connectivity index (χ3n) is 13.9. The summed E-state index contributed by atoms with van der Waals surface area (Å²) < 4.78 is 7.48. The Kier molecular flexibility index (Phi) is 7.30. The predicted octanol–water partition coefficient (Wildman–Crippen LogP) is 15.8. The zero-order valence-corrected chi connectivity index (χ0v) is 36.0. The van der Waals surface area contributed by atoms with Gasteiger partial charge in [-0.25, -0.2) is 9.97 Å². The Morgan fingerprint density at radius 1 is 0.469 bits per heavy atom. The molecule has 0 atom stereocenters. The van der Waals surface area contributed by atoms with Crippen LogP contribution < -0.4 is 0 Å². The number of benzene rings is 9. The standard InChI is InChI=1S/C59H38N4S/c1-59(2)45-29-11-6-23-41(45)50-53(59)51-43-25-8-14-32-48(43)63(56(51)52-44-26-9-13-31-47(44)62(55(50)52)37-20-4-3-5-21-37)58-60-46-30-12-7-24-42(46)54(61-58)36-19-16-18-35(34-36)38-27-17-28-40-39-22-10-15-33-49(39)64-57(38)40/h3-34H,1-2H3. The molecular formula is C59H38N4S. The van der Waals surface area contributed by atoms with Gasteiger partial charge in [0.25, 0.3) is 0 Å². The van der Waals surface area contributed by atoms with Crippen LogP contribution in [0.25, 0.3) is 120 Å². The quantitative estimate of drug-likeness (QED) is 0.177. The fourth-order valence-electron chi connectivity index (χ4n) is 11.2. The second-order valence-corrected chi connectivity index (χ2v) is 18.7. The molecule has 1 aliphatic rings. The minimum Gasteiger partial charge on any atom is -0.309 e. The van der Waals surface area contributed by atoms with Gasteiger partial charge in [0.05, 0.1) is 33.3 Å². The second-order valence-electron chi connectivity index (χ2n) is 17.7. The molecule has 4 heterocycles. The Morgan fingerprint density at radius 2 is 1.09 bits per heavy atom. The van der Waals surface area contributed by atoms with E-state index in [4.69, 9.17) is 9.97 Å². The summed E-state index contributed by atoms with van der Waals surface area (Å²) in [6, 6.07) is 70.6. The fourth-order valence-corrected chi connectivity index (χ4v) is 12.4. The van der Waals surface area contributed by atoms with Crippen molar-refractivity contribution in [2.75, 3.05) is 0 Å². The molecule has 0 saturated carbocycles. The van der Waals surface area contributed by atoms with E-state index in [1.807, 2.05) is 11.3 Å². The highest BCUT2D eigenvalue weighted by Gasteiger charge is 2.41. The molecule has 14 rings (SSSR count). The normalized spacial score (nSPS) is 13.3. The molecule has 4 aromatic heterocycles. The molecule has 0 unspecified atom stereocenters. The zero-order valence-electron chi connectivity index (χ0n) is 35.2. The lowest BCUT2D eigenvalue weighted by Crippen LogP contribution is -2.15. The molecule has 0 fully saturated rings. The number of thiophene rings is 1. The van der Waals surface area contributed by atoms with E-state index in [0.717, 1.165) is 38.9 Å². The Balaban J connectivity index is 1.12. The molecule has 4 nitrogen and oxygen atoms in total. The van der Waals surface area contributed by atoms with Crippen molar-refractivity contribution < 1.29 is 0 Å². The maximum absolute atomic E-state index is 5.71. The van der Waals surface area contributed by atoms with Crippen LogP contribution in [0.3, 0.4) is 0 Å². The number of nitrogens with zero attached hydrogens (tertiary/aromatic N) is 4. The van der Waals surface area contributed by atoms with Gasteiger partial charge in [-0.1, -0.05) is 166 Å². The van der Waals surface area contributed by atoms with E-state index >= 15 is 0 Å². The average Bonchev–Trinajstić information content (AvgIpc) is 4.07. The molecule has 0 radical (unpaired) electrons. The van der Waals surface area contributed by atoms with Crippen LogP contribution in [0, 0.1) is 0 Å². The van der Waals surface area contributed by atoms with Crippen molar-refractivity contribution in [3.05, 3.63) is 205 Å². The third kappa shape index (κ3) is 4.76. The molecule has 0 saturated heterocycles. The van der Waals surface area contributed by atoms with Crippen molar-refractivity contribution in [2.24, 2.45) is 0 Å². The van der Waals surface area contributed by atoms with Gasteiger partial charge in [0.15, 0.2) is 0 Å². The molecule has 0 bridgehead atoms. The van der Waals surface area contributed by atoms with Crippen molar-refractivity contribution in [3.8, 4) is 45.1 Å². The topological polar surface area (TPSA) is 35.6 Å². The van der Waals surface area contributed by atoms with Crippen molar-refractivity contribution in [1.82, 2.24) is 19.1 Å². The summed E-state index contributed by atoms with van der Waals surface area (Å²) in [6.45, 7) is 4.81. The first-order chi connectivity index (χ1) is 31.5. The van der Waals surface area contributed by atoms with Gasteiger partial charge in [0, 0.05) is 69.3 Å². The summed E-state index contributed by atoms with van der Waals surface area (Å²) in [7, 11) is 0. The zero-order chi connectivity index (χ0) is 42.3. The summed E-state index contributed by atoms with van der Waals surface area (Å²) in [5.41, 5.74) is 16.0. The van der Waals surface area contributed by atoms with Crippen LogP contribution in [0.2, 0.25) is 0 Å². The van der Waals surface area contributed by atoms with Crippen LogP contribution in [-0.4, -0.2) is 19.1 Å². The number of aromatic nitrogens is 4. The van der Waals surface area contributed by atoms with E-state index in [-0.39, 0.29) is 5.41 Å². The molecule has 5 heteroatoms. The molecule has 13 aromatic rings. The summed E-state index contributed by atoms with van der Waals surface area (Å²) in [5, 5.41) is 8.47. The first-order valence-electron chi connectivity index (χ1n) is 22.0. The number of hydrogen-bond donors (Lipinski definition) is 0. The lowest BCUT2D eigenvalue weighted by Gasteiger charge is -2.23. The van der Waals surface area contributed by atoms with Gasteiger partial charge < -0.3 is 4.57 Å². The average molecular weight is 835 g/mol. The van der Waals surface area contributed by atoms with Crippen molar-refractivity contribution in [2.45, 2.75) is 19.3 Å². The van der Waals surface area contributed by atoms with E-state index in [9.17, 15) is 0 Å². The largest absolute Gasteiger partial charge is 0.309 e. The van der Waals surface area contributed by atoms with Crippen LogP contribution in [0.15, 0.2) is 194 Å². The minimum atomic E-state index is -0.293. The number of hydrogen-bond acceptors (Lipinski definition) is 3. The smallest absolute Gasteiger partial charge is 0.235 e. The number of fused-ring (bicyclic) bond motifs is 16. The number of para-hydroxylation sites is 4. The van der Waals surface area contributed by atoms with Gasteiger partial charge in [0.2, 0.25) is 5.95 Å². The minimum absolute atomic E-state index is 0.293. The van der Waals surface area contributed by atoms with Crippen molar-refractivity contribution in [1.29, 1.82) is 0 Å². The monoisotopic (exact) mass is 834 g/mol. The van der Waals surface area contributed by atoms with Crippen LogP contribution in [0.1, 0.15) is 25.0 Å². The molecule has 64 heavy (non-hydrogen) atoms. The van der Waals surface area contributed by atoms with E-state index in [0.29, 0.717) is 5.95 Å². The Bertz CT molecular complexity index is 4110. The highest BCUT2D eigenvalue weighted by molar-refractivity contribution is 7.26. The summed E-state index contributed by atoms with van der Waals surface area (Å²) in [6.07, 6.45) is 0. The highest BCUT2D eigenvalue weighted by atomic mass is 32.1. The van der Waals surface area contributed by atoms with Gasteiger partial charge >= 0.3 is 0 Å². The lowest BCUT2D eigenvalue weighted by atomic mass is 9.80. The van der Waals surface area contributed by atoms with E-state index in [2.05, 4.69) is 217 Å². The molecular weight excluding hydrogens is 797 g/mol. The van der Waals surface area contributed by atoms with Gasteiger partial charge in [-0.2, -0.15) is 0 Å². The van der Waals surface area contributed by atoms with Gasteiger partial charge in [0.1, 0.15) is 0 Å². The molecule has 1 aliphatic carbocycles. The molecule has 0 aliphatic heterocycles. The molecule has 0 amide bonds. The fraction of sp³-hybridized carbons (Fsp3) is 0.0508. The van der Waals surface area contributed by atoms with Crippen LogP contribution in [0.5, 0.6) is 0 Å². The van der Waals surface area contributed by atoms with E-state index in [1.54, 1.807) is 0 Å². The maximum Gasteiger partial charge on any atom is 0.235 e. The first kappa shape index (κ1) is 35.7. The second kappa shape index (κ2) is 13.1. The van der Waals surface area contributed by atoms with Crippen LogP contribution >= 0.6 is 11.3 Å². The van der Waals surface area contributed by atoms with Gasteiger partial charge in [-0.05, 0) is 70.3 Å². The molecule has 9 aromatic carbocycles. The maximum atomic E-state index is 5.71. The Hall–Kier alpha value is -7.86. The van der Waals surface area contributed by atoms with Gasteiger partial charge in [-0.15, -0.1) is 11.3 Å². The first-order valence-corrected chi connectivity index (χ1v) is 22.8. The molecule has 0 N–H and O–H groups in total. The summed E-state index contributed by atoms with van der Waals surface area (Å²) in [4.78, 5) is 11.2. The molecule has 0 spiro atoms. The third-order valence-corrected chi connectivity index (χ3v) is 15.1. The lowest BCUT2D eigenvalue weighted by molar-refractivity contribution is 0.667. The van der Waals surface area contributed by atoms with Crippen LogP contribution in [0.4, 0.5) is 0 Å². The van der Waals surface area contributed by atoms with E-state index in [1.165, 1.54) is 86.1 Å². The van der Waals surface area contributed by atoms with Crippen molar-refractivity contribution in [3.63, 3.8) is 0 Å². The van der Waals surface area contributed by atoms with Gasteiger partial charge in [-0.3, -0.25) is 4.57 Å². The Labute approximate surface area is 372 Å². The highest BCUT2D eigenvalue weighted by Crippen LogP contribution is 2.58. The Morgan fingerprint density at radius 3 is 1.94 bits per heavy atom. The summed E-state index contributed by atoms with van der Waals surface area (Å²) >= 11 is 1.87. The number of rotatable bonds is 4. The van der Waals surface area contributed by atoms with Crippen LogP contribution in [-0.2, 0) is 5.41 Å².